The highest BCUT2D eigenvalue weighted by Gasteiger charge is 2.27. The molecule has 38 heavy (non-hydrogen) atoms. The second-order valence-electron chi connectivity index (χ2n) is 8.90. The number of fused-ring (bicyclic) bond motifs is 1. The summed E-state index contributed by atoms with van der Waals surface area (Å²) in [5, 5.41) is 5.39. The van der Waals surface area contributed by atoms with Crippen molar-refractivity contribution in [3.8, 4) is 0 Å². The van der Waals surface area contributed by atoms with Gasteiger partial charge in [0.1, 0.15) is 5.00 Å². The molecular formula is C27H29N3O6S2. The van der Waals surface area contributed by atoms with Crippen LogP contribution in [0.2, 0.25) is 0 Å². The third-order valence-corrected chi connectivity index (χ3v) is 8.68. The Hall–Kier alpha value is -3.70. The number of amides is 3. The maximum absolute atomic E-state index is 13.2. The van der Waals surface area contributed by atoms with Crippen LogP contribution in [-0.4, -0.2) is 32.9 Å². The molecule has 3 N–H and O–H groups in total. The van der Waals surface area contributed by atoms with Gasteiger partial charge in [0.05, 0.1) is 17.1 Å². The molecule has 0 unspecified atom stereocenters. The van der Waals surface area contributed by atoms with Crippen molar-refractivity contribution in [1.29, 1.82) is 0 Å². The maximum Gasteiger partial charge on any atom is 0.414 e. The number of carbonyl (C=O) groups is 3. The van der Waals surface area contributed by atoms with Gasteiger partial charge in [-0.2, -0.15) is 0 Å². The molecule has 3 amide bonds. The lowest BCUT2D eigenvalue weighted by Crippen LogP contribution is -2.32. The molecule has 4 rings (SSSR count). The molecule has 2 aromatic carbocycles. The predicted octanol–water partition coefficient (Wildman–Crippen LogP) is 5.26. The third-order valence-electron chi connectivity index (χ3n) is 6.07. The Labute approximate surface area is 225 Å². The zero-order chi connectivity index (χ0) is 27.3. The van der Waals surface area contributed by atoms with Crippen LogP contribution in [-0.2, 0) is 27.6 Å². The maximum atomic E-state index is 13.2. The minimum Gasteiger partial charge on any atom is -0.450 e. The monoisotopic (exact) mass is 555 g/mol. The molecule has 200 valence electrons. The average Bonchev–Trinajstić information content (AvgIpc) is 3.04. The summed E-state index contributed by atoms with van der Waals surface area (Å²) < 4.78 is 32.9. The molecule has 11 heteroatoms. The lowest BCUT2D eigenvalue weighted by Gasteiger charge is -2.11. The van der Waals surface area contributed by atoms with Crippen molar-refractivity contribution in [3.05, 3.63) is 75.7 Å². The van der Waals surface area contributed by atoms with E-state index in [0.29, 0.717) is 11.4 Å². The molecule has 0 radical (unpaired) electrons. The van der Waals surface area contributed by atoms with Gasteiger partial charge in [-0.15, -0.1) is 11.3 Å². The number of imide groups is 1. The molecule has 1 aliphatic rings. The molecule has 0 saturated heterocycles. The van der Waals surface area contributed by atoms with E-state index in [1.807, 2.05) is 6.92 Å². The molecule has 1 aromatic heterocycles. The highest BCUT2D eigenvalue weighted by Crippen LogP contribution is 2.38. The molecule has 1 heterocycles. The van der Waals surface area contributed by atoms with Gasteiger partial charge in [0.25, 0.3) is 21.8 Å². The van der Waals surface area contributed by atoms with Crippen LogP contribution in [0.1, 0.15) is 62.9 Å². The van der Waals surface area contributed by atoms with Crippen molar-refractivity contribution >= 4 is 50.0 Å². The van der Waals surface area contributed by atoms with E-state index >= 15 is 0 Å². The Kier molecular flexibility index (Phi) is 8.48. The van der Waals surface area contributed by atoms with Gasteiger partial charge in [-0.3, -0.25) is 19.6 Å². The SMILES string of the molecule is CCOC(=O)NC(=O)c1c(NC(=O)c2cccc(NS(=O)(=O)c3ccc(C)cc3)c2)sc2c1CCCCC2. The highest BCUT2D eigenvalue weighted by molar-refractivity contribution is 7.92. The van der Waals surface area contributed by atoms with Crippen molar-refractivity contribution in [2.45, 2.75) is 50.8 Å². The smallest absolute Gasteiger partial charge is 0.414 e. The van der Waals surface area contributed by atoms with E-state index in [4.69, 9.17) is 4.74 Å². The summed E-state index contributed by atoms with van der Waals surface area (Å²) in [6.45, 7) is 3.62. The van der Waals surface area contributed by atoms with Crippen LogP contribution in [0.15, 0.2) is 53.4 Å². The number of sulfonamides is 1. The summed E-state index contributed by atoms with van der Waals surface area (Å²) >= 11 is 1.32. The lowest BCUT2D eigenvalue weighted by molar-refractivity contribution is 0.0925. The topological polar surface area (TPSA) is 131 Å². The van der Waals surface area contributed by atoms with Gasteiger partial charge < -0.3 is 10.1 Å². The molecular weight excluding hydrogens is 526 g/mol. The quantitative estimate of drug-likeness (QED) is 0.341. The minimum atomic E-state index is -3.85. The Bertz CT molecular complexity index is 1460. The first-order chi connectivity index (χ1) is 18.2. The number of hydrogen-bond acceptors (Lipinski definition) is 7. The van der Waals surface area contributed by atoms with Crippen LogP contribution in [0.5, 0.6) is 0 Å². The largest absolute Gasteiger partial charge is 0.450 e. The normalized spacial score (nSPS) is 13.1. The average molecular weight is 556 g/mol. The molecule has 0 saturated carbocycles. The number of anilines is 2. The summed E-state index contributed by atoms with van der Waals surface area (Å²) in [5.41, 5.74) is 2.47. The Morgan fingerprint density at radius 1 is 0.974 bits per heavy atom. The number of thiophene rings is 1. The van der Waals surface area contributed by atoms with Gasteiger partial charge in [-0.1, -0.05) is 30.2 Å². The summed E-state index contributed by atoms with van der Waals surface area (Å²) in [5.74, 6) is -1.14. The highest BCUT2D eigenvalue weighted by atomic mass is 32.2. The first kappa shape index (κ1) is 27.3. The number of carbonyl (C=O) groups excluding carboxylic acids is 3. The van der Waals surface area contributed by atoms with E-state index in [0.717, 1.165) is 41.7 Å². The minimum absolute atomic E-state index is 0.107. The zero-order valence-electron chi connectivity index (χ0n) is 21.1. The third kappa shape index (κ3) is 6.40. The summed E-state index contributed by atoms with van der Waals surface area (Å²) in [6, 6.07) is 12.5. The second-order valence-corrected chi connectivity index (χ2v) is 11.7. The summed E-state index contributed by atoms with van der Waals surface area (Å²) in [6.07, 6.45) is 3.52. The van der Waals surface area contributed by atoms with Crippen molar-refractivity contribution in [1.82, 2.24) is 5.32 Å². The molecule has 0 atom stereocenters. The van der Waals surface area contributed by atoms with Gasteiger partial charge >= 0.3 is 6.09 Å². The number of hydrogen-bond donors (Lipinski definition) is 3. The van der Waals surface area contributed by atoms with Gasteiger partial charge in [-0.25, -0.2) is 13.2 Å². The number of benzene rings is 2. The van der Waals surface area contributed by atoms with E-state index in [2.05, 4.69) is 15.4 Å². The standard InChI is InChI=1S/C27H29N3O6S2/c1-3-36-27(33)29-25(32)23-21-10-5-4-6-11-22(21)37-26(23)28-24(31)18-8-7-9-19(16-18)30-38(34,35)20-14-12-17(2)13-15-20/h7-9,12-16,30H,3-6,10-11H2,1-2H3,(H,28,31)(H,29,32,33). The van der Waals surface area contributed by atoms with Gasteiger partial charge in [0.2, 0.25) is 0 Å². The number of aryl methyl sites for hydroxylation is 2. The molecule has 0 bridgehead atoms. The Morgan fingerprint density at radius 2 is 1.71 bits per heavy atom. The number of alkyl carbamates (subject to hydrolysis) is 1. The molecule has 0 spiro atoms. The Balaban J connectivity index is 1.58. The van der Waals surface area contributed by atoms with Crippen molar-refractivity contribution in [2.75, 3.05) is 16.6 Å². The summed E-state index contributed by atoms with van der Waals surface area (Å²) in [7, 11) is -3.85. The van der Waals surface area contributed by atoms with E-state index in [1.165, 1.54) is 29.5 Å². The predicted molar refractivity (Wildman–Crippen MR) is 146 cm³/mol. The van der Waals surface area contributed by atoms with Crippen LogP contribution in [0.25, 0.3) is 0 Å². The lowest BCUT2D eigenvalue weighted by atomic mass is 10.0. The van der Waals surface area contributed by atoms with E-state index in [1.54, 1.807) is 37.3 Å². The second kappa shape index (κ2) is 11.8. The van der Waals surface area contributed by atoms with Gasteiger partial charge in [-0.05, 0) is 75.4 Å². The van der Waals surface area contributed by atoms with E-state index in [-0.39, 0.29) is 28.3 Å². The van der Waals surface area contributed by atoms with E-state index < -0.39 is 27.9 Å². The Morgan fingerprint density at radius 3 is 2.45 bits per heavy atom. The molecule has 3 aromatic rings. The van der Waals surface area contributed by atoms with Gasteiger partial charge in [0, 0.05) is 16.1 Å². The number of ether oxygens (including phenoxy) is 1. The first-order valence-electron chi connectivity index (χ1n) is 12.3. The summed E-state index contributed by atoms with van der Waals surface area (Å²) in [4.78, 5) is 39.3. The molecule has 1 aliphatic carbocycles. The number of nitrogens with one attached hydrogen (secondary N) is 3. The van der Waals surface area contributed by atoms with Crippen LogP contribution in [0, 0.1) is 6.92 Å². The number of rotatable bonds is 7. The van der Waals surface area contributed by atoms with Crippen LogP contribution < -0.4 is 15.4 Å². The molecule has 9 nitrogen and oxygen atoms in total. The fourth-order valence-electron chi connectivity index (χ4n) is 4.22. The fourth-order valence-corrected chi connectivity index (χ4v) is 6.56. The molecule has 0 fully saturated rings. The van der Waals surface area contributed by atoms with Crippen LogP contribution in [0.3, 0.4) is 0 Å². The van der Waals surface area contributed by atoms with Crippen molar-refractivity contribution < 1.29 is 27.5 Å². The van der Waals surface area contributed by atoms with E-state index in [9.17, 15) is 22.8 Å². The van der Waals surface area contributed by atoms with Crippen LogP contribution >= 0.6 is 11.3 Å². The fraction of sp³-hybridized carbons (Fsp3) is 0.296. The zero-order valence-corrected chi connectivity index (χ0v) is 22.8. The van der Waals surface area contributed by atoms with Crippen molar-refractivity contribution in [3.63, 3.8) is 0 Å². The van der Waals surface area contributed by atoms with Crippen molar-refractivity contribution in [2.24, 2.45) is 0 Å². The molecule has 0 aliphatic heterocycles. The first-order valence-corrected chi connectivity index (χ1v) is 14.6. The van der Waals surface area contributed by atoms with Gasteiger partial charge in [0.15, 0.2) is 0 Å². The van der Waals surface area contributed by atoms with Crippen LogP contribution in [0.4, 0.5) is 15.5 Å².